The Kier molecular flexibility index (Phi) is 2.35. The Morgan fingerprint density at radius 1 is 1.50 bits per heavy atom. The first kappa shape index (κ1) is 7.63. The first-order chi connectivity index (χ1) is 4.74. The Labute approximate surface area is 68.7 Å². The zero-order valence-electron chi connectivity index (χ0n) is 5.27. The second-order valence-electron chi connectivity index (χ2n) is 1.65. The van der Waals surface area contributed by atoms with Crippen molar-refractivity contribution in [1.82, 2.24) is 4.98 Å². The molecule has 0 fully saturated rings. The lowest BCUT2D eigenvalue weighted by Crippen LogP contribution is -1.84. The zero-order valence-corrected chi connectivity index (χ0v) is 6.78. The molecule has 4 heteroatoms. The van der Waals surface area contributed by atoms with Gasteiger partial charge in [-0.1, -0.05) is 23.2 Å². The van der Waals surface area contributed by atoms with Crippen molar-refractivity contribution in [1.29, 1.82) is 0 Å². The van der Waals surface area contributed by atoms with E-state index in [-0.39, 0.29) is 0 Å². The summed E-state index contributed by atoms with van der Waals surface area (Å²) in [4.78, 5) is 3.76. The molecule has 0 radical (unpaired) electrons. The number of ether oxygens (including phenoxy) is 1. The number of nitrogens with zero attached hydrogens (tertiary/aromatic N) is 1. The maximum absolute atomic E-state index is 5.62. The van der Waals surface area contributed by atoms with Gasteiger partial charge in [0, 0.05) is 6.07 Å². The van der Waals surface area contributed by atoms with Crippen LogP contribution in [0, 0.1) is 0 Å². The fourth-order valence-corrected chi connectivity index (χ4v) is 0.775. The molecule has 1 rings (SSSR count). The van der Waals surface area contributed by atoms with Gasteiger partial charge in [-0.15, -0.1) is 0 Å². The van der Waals surface area contributed by atoms with E-state index in [9.17, 15) is 0 Å². The van der Waals surface area contributed by atoms with E-state index in [1.807, 2.05) is 0 Å². The quantitative estimate of drug-likeness (QED) is 0.616. The van der Waals surface area contributed by atoms with Crippen molar-refractivity contribution in [2.75, 3.05) is 7.11 Å². The minimum atomic E-state index is 0.294. The van der Waals surface area contributed by atoms with E-state index in [1.54, 1.807) is 13.2 Å². The van der Waals surface area contributed by atoms with Gasteiger partial charge >= 0.3 is 0 Å². The van der Waals surface area contributed by atoms with Crippen LogP contribution in [0.15, 0.2) is 12.3 Å². The molecule has 1 aromatic heterocycles. The topological polar surface area (TPSA) is 22.1 Å². The number of rotatable bonds is 1. The highest BCUT2D eigenvalue weighted by Crippen LogP contribution is 2.22. The van der Waals surface area contributed by atoms with E-state index in [2.05, 4.69) is 4.98 Å². The Morgan fingerprint density at radius 2 is 2.20 bits per heavy atom. The minimum absolute atomic E-state index is 0.294. The van der Waals surface area contributed by atoms with Crippen LogP contribution in [0.5, 0.6) is 5.75 Å². The molecule has 0 atom stereocenters. The van der Waals surface area contributed by atoms with Crippen LogP contribution in [0.2, 0.25) is 10.2 Å². The van der Waals surface area contributed by atoms with E-state index in [0.717, 1.165) is 0 Å². The van der Waals surface area contributed by atoms with E-state index in [0.29, 0.717) is 15.9 Å². The van der Waals surface area contributed by atoms with E-state index < -0.39 is 0 Å². The summed E-state index contributed by atoms with van der Waals surface area (Å²) >= 11 is 11.2. The van der Waals surface area contributed by atoms with Crippen LogP contribution in [0.3, 0.4) is 0 Å². The number of halogens is 2. The predicted molar refractivity (Wildman–Crippen MR) is 40.8 cm³/mol. The van der Waals surface area contributed by atoms with E-state index >= 15 is 0 Å². The molecule has 0 unspecified atom stereocenters. The molecule has 1 heterocycles. The zero-order chi connectivity index (χ0) is 7.56. The van der Waals surface area contributed by atoms with Crippen LogP contribution < -0.4 is 4.74 Å². The van der Waals surface area contributed by atoms with Gasteiger partial charge < -0.3 is 4.74 Å². The average Bonchev–Trinajstić information content (AvgIpc) is 1.95. The third kappa shape index (κ3) is 1.52. The summed E-state index contributed by atoms with van der Waals surface area (Å²) in [7, 11) is 1.54. The largest absolute Gasteiger partial charge is 0.495 e. The second kappa shape index (κ2) is 3.08. The fraction of sp³-hybridized carbons (Fsp3) is 0.167. The maximum Gasteiger partial charge on any atom is 0.147 e. The lowest BCUT2D eigenvalue weighted by molar-refractivity contribution is 0.413. The molecule has 0 amide bonds. The van der Waals surface area contributed by atoms with Gasteiger partial charge in [0.2, 0.25) is 0 Å². The van der Waals surface area contributed by atoms with E-state index in [1.165, 1.54) is 6.20 Å². The molecular weight excluding hydrogens is 173 g/mol. The summed E-state index contributed by atoms with van der Waals surface area (Å²) in [5.41, 5.74) is 0. The van der Waals surface area contributed by atoms with Gasteiger partial charge in [0.15, 0.2) is 0 Å². The van der Waals surface area contributed by atoms with Gasteiger partial charge in [0.25, 0.3) is 0 Å². The third-order valence-electron chi connectivity index (χ3n) is 1.01. The van der Waals surface area contributed by atoms with Crippen LogP contribution in [0.25, 0.3) is 0 Å². The molecule has 0 aliphatic rings. The first-order valence-electron chi connectivity index (χ1n) is 2.59. The number of hydrogen-bond acceptors (Lipinski definition) is 2. The van der Waals surface area contributed by atoms with Crippen molar-refractivity contribution in [3.8, 4) is 5.75 Å². The van der Waals surface area contributed by atoms with Crippen LogP contribution in [-0.4, -0.2) is 12.1 Å². The van der Waals surface area contributed by atoms with Crippen molar-refractivity contribution >= 4 is 23.2 Å². The highest BCUT2D eigenvalue weighted by atomic mass is 35.5. The molecule has 0 aliphatic carbocycles. The number of methoxy groups -OCH3 is 1. The first-order valence-corrected chi connectivity index (χ1v) is 3.34. The van der Waals surface area contributed by atoms with Gasteiger partial charge in [-0.2, -0.15) is 0 Å². The predicted octanol–water partition coefficient (Wildman–Crippen LogP) is 2.40. The van der Waals surface area contributed by atoms with Gasteiger partial charge in [0.05, 0.1) is 18.3 Å². The molecule has 0 aliphatic heterocycles. The molecule has 0 saturated carbocycles. The summed E-state index contributed by atoms with van der Waals surface area (Å²) < 4.78 is 4.84. The van der Waals surface area contributed by atoms with Crippen LogP contribution >= 0.6 is 23.2 Å². The lowest BCUT2D eigenvalue weighted by atomic mass is 10.5. The molecule has 54 valence electrons. The standard InChI is InChI=1S/C6H5Cl2NO/c1-10-4-2-5(7)6(8)9-3-4/h2-3H,1H3. The molecule has 0 aromatic carbocycles. The summed E-state index contributed by atoms with van der Waals surface area (Å²) in [6, 6.07) is 1.61. The Balaban J connectivity index is 3.04. The third-order valence-corrected chi connectivity index (χ3v) is 1.69. The van der Waals surface area contributed by atoms with Gasteiger partial charge in [0.1, 0.15) is 10.9 Å². The van der Waals surface area contributed by atoms with Crippen LogP contribution in [0.1, 0.15) is 0 Å². The molecule has 2 nitrogen and oxygen atoms in total. The number of hydrogen-bond donors (Lipinski definition) is 0. The monoisotopic (exact) mass is 177 g/mol. The van der Waals surface area contributed by atoms with Crippen molar-refractivity contribution in [2.45, 2.75) is 0 Å². The summed E-state index contributed by atoms with van der Waals surface area (Å²) in [5, 5.41) is 0.698. The van der Waals surface area contributed by atoms with Crippen molar-refractivity contribution < 1.29 is 4.74 Å². The summed E-state index contributed by atoms with van der Waals surface area (Å²) in [6.45, 7) is 0. The van der Waals surface area contributed by atoms with Crippen molar-refractivity contribution in [2.24, 2.45) is 0 Å². The number of pyridine rings is 1. The Hall–Kier alpha value is -0.470. The molecule has 0 saturated heterocycles. The highest BCUT2D eigenvalue weighted by molar-refractivity contribution is 6.41. The smallest absolute Gasteiger partial charge is 0.147 e. The molecule has 0 N–H and O–H groups in total. The van der Waals surface area contributed by atoms with Crippen LogP contribution in [0.4, 0.5) is 0 Å². The fourth-order valence-electron chi connectivity index (χ4n) is 0.515. The number of aromatic nitrogens is 1. The summed E-state index contributed by atoms with van der Waals surface area (Å²) in [6.07, 6.45) is 1.51. The normalized spacial score (nSPS) is 9.50. The molecule has 1 aromatic rings. The molecule has 0 bridgehead atoms. The lowest BCUT2D eigenvalue weighted by Gasteiger charge is -1.98. The summed E-state index contributed by atoms with van der Waals surface area (Å²) in [5.74, 6) is 0.606. The van der Waals surface area contributed by atoms with E-state index in [4.69, 9.17) is 27.9 Å². The SMILES string of the molecule is COc1cnc(Cl)c(Cl)c1. The molecular formula is C6H5Cl2NO. The van der Waals surface area contributed by atoms with Gasteiger partial charge in [-0.05, 0) is 0 Å². The molecule has 0 spiro atoms. The Bertz CT molecular complexity index is 239. The maximum atomic E-state index is 5.62. The second-order valence-corrected chi connectivity index (χ2v) is 2.41. The minimum Gasteiger partial charge on any atom is -0.495 e. The van der Waals surface area contributed by atoms with Crippen LogP contribution in [-0.2, 0) is 0 Å². The Morgan fingerprint density at radius 3 is 2.70 bits per heavy atom. The van der Waals surface area contributed by atoms with Crippen molar-refractivity contribution in [3.63, 3.8) is 0 Å². The van der Waals surface area contributed by atoms with Crippen molar-refractivity contribution in [3.05, 3.63) is 22.4 Å². The molecule has 10 heavy (non-hydrogen) atoms. The van der Waals surface area contributed by atoms with Gasteiger partial charge in [-0.25, -0.2) is 4.98 Å². The average molecular weight is 178 g/mol. The highest BCUT2D eigenvalue weighted by Gasteiger charge is 1.98. The van der Waals surface area contributed by atoms with Gasteiger partial charge in [-0.3, -0.25) is 0 Å².